The van der Waals surface area contributed by atoms with Gasteiger partial charge in [0.05, 0.1) is 16.7 Å². The lowest BCUT2D eigenvalue weighted by Gasteiger charge is -2.20. The number of benzene rings is 1. The Balaban J connectivity index is 2.41. The molecule has 0 atom stereocenters. The molecule has 7 heteroatoms. The molecular formula is C12H13ClN2O2S2. The van der Waals surface area contributed by atoms with Gasteiger partial charge in [0.25, 0.3) is 0 Å². The van der Waals surface area contributed by atoms with Gasteiger partial charge >= 0.3 is 0 Å². The van der Waals surface area contributed by atoms with E-state index >= 15 is 0 Å². The summed E-state index contributed by atoms with van der Waals surface area (Å²) in [5.41, 5.74) is 0.298. The zero-order valence-corrected chi connectivity index (χ0v) is 12.6. The van der Waals surface area contributed by atoms with Crippen LogP contribution >= 0.6 is 23.4 Å². The third-order valence-corrected chi connectivity index (χ3v) is 6.29. The van der Waals surface area contributed by atoms with Gasteiger partial charge in [0, 0.05) is 18.8 Å². The first kappa shape index (κ1) is 14.7. The minimum Gasteiger partial charge on any atom is -0.207 e. The van der Waals surface area contributed by atoms with E-state index in [1.54, 1.807) is 11.8 Å². The second-order valence-corrected chi connectivity index (χ2v) is 7.67. The fourth-order valence-electron chi connectivity index (χ4n) is 1.87. The molecule has 0 saturated carbocycles. The average molecular weight is 317 g/mol. The molecule has 0 radical (unpaired) electrons. The molecule has 0 bridgehead atoms. The van der Waals surface area contributed by atoms with Crippen molar-refractivity contribution in [3.05, 3.63) is 28.8 Å². The van der Waals surface area contributed by atoms with Crippen LogP contribution in [-0.2, 0) is 10.0 Å². The summed E-state index contributed by atoms with van der Waals surface area (Å²) in [5, 5.41) is 9.03. The first-order valence-electron chi connectivity index (χ1n) is 5.83. The maximum absolute atomic E-state index is 12.6. The van der Waals surface area contributed by atoms with Crippen LogP contribution in [0.15, 0.2) is 23.1 Å². The zero-order chi connectivity index (χ0) is 13.9. The van der Waals surface area contributed by atoms with E-state index in [-0.39, 0.29) is 9.92 Å². The number of thioether (sulfide) groups is 1. The summed E-state index contributed by atoms with van der Waals surface area (Å²) in [6, 6.07) is 6.25. The summed E-state index contributed by atoms with van der Waals surface area (Å²) < 4.78 is 26.6. The Bertz CT molecular complexity index is 603. The SMILES string of the molecule is N#Cc1ccc(Cl)c(S(=O)(=O)N2CCCSCC2)c1. The summed E-state index contributed by atoms with van der Waals surface area (Å²) in [5.74, 6) is 1.76. The van der Waals surface area contributed by atoms with Crippen LogP contribution in [0.3, 0.4) is 0 Å². The van der Waals surface area contributed by atoms with Crippen molar-refractivity contribution >= 4 is 33.4 Å². The summed E-state index contributed by atoms with van der Waals surface area (Å²) >= 11 is 7.73. The maximum atomic E-state index is 12.6. The molecule has 1 aromatic carbocycles. The van der Waals surface area contributed by atoms with Gasteiger partial charge in [0.15, 0.2) is 0 Å². The number of halogens is 1. The second kappa shape index (κ2) is 6.14. The number of nitrogens with zero attached hydrogens (tertiary/aromatic N) is 2. The molecular weight excluding hydrogens is 304 g/mol. The number of nitriles is 1. The van der Waals surface area contributed by atoms with Gasteiger partial charge in [-0.25, -0.2) is 8.42 Å². The van der Waals surface area contributed by atoms with E-state index in [4.69, 9.17) is 16.9 Å². The molecule has 0 spiro atoms. The van der Waals surface area contributed by atoms with Crippen LogP contribution in [0.5, 0.6) is 0 Å². The predicted molar refractivity (Wildman–Crippen MR) is 76.9 cm³/mol. The Morgan fingerprint density at radius 1 is 1.32 bits per heavy atom. The van der Waals surface area contributed by atoms with Crippen LogP contribution in [-0.4, -0.2) is 37.3 Å². The molecule has 0 amide bonds. The average Bonchev–Trinajstić information content (AvgIpc) is 2.68. The molecule has 19 heavy (non-hydrogen) atoms. The fraction of sp³-hybridized carbons (Fsp3) is 0.417. The minimum absolute atomic E-state index is 0.0279. The molecule has 1 aromatic rings. The van der Waals surface area contributed by atoms with Crippen LogP contribution in [0.25, 0.3) is 0 Å². The quantitative estimate of drug-likeness (QED) is 0.840. The number of rotatable bonds is 2. The Morgan fingerprint density at radius 3 is 2.84 bits per heavy atom. The molecule has 4 nitrogen and oxygen atoms in total. The van der Waals surface area contributed by atoms with Crippen molar-refractivity contribution in [3.63, 3.8) is 0 Å². The minimum atomic E-state index is -3.61. The van der Waals surface area contributed by atoms with E-state index in [9.17, 15) is 8.42 Å². The molecule has 1 fully saturated rings. The lowest BCUT2D eigenvalue weighted by molar-refractivity contribution is 0.435. The highest BCUT2D eigenvalue weighted by Gasteiger charge is 2.27. The number of hydrogen-bond donors (Lipinski definition) is 0. The molecule has 1 saturated heterocycles. The van der Waals surface area contributed by atoms with Gasteiger partial charge < -0.3 is 0 Å². The standard InChI is InChI=1S/C12H13ClN2O2S2/c13-11-3-2-10(9-14)8-12(11)19(16,17)15-4-1-6-18-7-5-15/h2-3,8H,1,4-7H2. The van der Waals surface area contributed by atoms with E-state index in [0.717, 1.165) is 17.9 Å². The van der Waals surface area contributed by atoms with Gasteiger partial charge in [0.2, 0.25) is 10.0 Å². The van der Waals surface area contributed by atoms with Gasteiger partial charge in [-0.3, -0.25) is 0 Å². The summed E-state index contributed by atoms with van der Waals surface area (Å²) in [6.07, 6.45) is 0.833. The topological polar surface area (TPSA) is 61.2 Å². The van der Waals surface area contributed by atoms with Crippen molar-refractivity contribution in [2.24, 2.45) is 0 Å². The zero-order valence-electron chi connectivity index (χ0n) is 10.2. The normalized spacial score (nSPS) is 17.7. The van der Waals surface area contributed by atoms with Crippen LogP contribution in [0.2, 0.25) is 5.02 Å². The molecule has 1 aliphatic rings. The Hall–Kier alpha value is -0.740. The molecule has 0 aliphatic carbocycles. The molecule has 0 unspecified atom stereocenters. The van der Waals surface area contributed by atoms with Crippen LogP contribution in [0.1, 0.15) is 12.0 Å². The van der Waals surface area contributed by atoms with Gasteiger partial charge in [-0.15, -0.1) is 0 Å². The van der Waals surface area contributed by atoms with Crippen molar-refractivity contribution in [3.8, 4) is 6.07 Å². The predicted octanol–water partition coefficient (Wildman–Crippen LogP) is 2.34. The van der Waals surface area contributed by atoms with Crippen molar-refractivity contribution in [1.82, 2.24) is 4.31 Å². The highest BCUT2D eigenvalue weighted by molar-refractivity contribution is 7.99. The lowest BCUT2D eigenvalue weighted by atomic mass is 10.2. The Labute approximate surface area is 122 Å². The Kier molecular flexibility index (Phi) is 4.74. The van der Waals surface area contributed by atoms with Crippen LogP contribution < -0.4 is 0 Å². The molecule has 2 rings (SSSR count). The van der Waals surface area contributed by atoms with Crippen molar-refractivity contribution in [2.75, 3.05) is 24.6 Å². The van der Waals surface area contributed by atoms with E-state index in [2.05, 4.69) is 0 Å². The highest BCUT2D eigenvalue weighted by atomic mass is 35.5. The van der Waals surface area contributed by atoms with Gasteiger partial charge in [-0.2, -0.15) is 21.3 Å². The molecule has 1 heterocycles. The molecule has 0 N–H and O–H groups in total. The molecule has 1 aliphatic heterocycles. The number of sulfonamides is 1. The monoisotopic (exact) mass is 316 g/mol. The van der Waals surface area contributed by atoms with Crippen LogP contribution in [0.4, 0.5) is 0 Å². The van der Waals surface area contributed by atoms with Crippen LogP contribution in [0, 0.1) is 11.3 Å². The summed E-state index contributed by atoms with van der Waals surface area (Å²) in [6.45, 7) is 0.989. The number of hydrogen-bond acceptors (Lipinski definition) is 4. The highest BCUT2D eigenvalue weighted by Crippen LogP contribution is 2.27. The first-order valence-corrected chi connectivity index (χ1v) is 8.80. The Morgan fingerprint density at radius 2 is 2.11 bits per heavy atom. The van der Waals surface area contributed by atoms with Gasteiger partial charge in [-0.05, 0) is 30.4 Å². The summed E-state index contributed by atoms with van der Waals surface area (Å²) in [7, 11) is -3.61. The third-order valence-electron chi connectivity index (χ3n) is 2.86. The van der Waals surface area contributed by atoms with Crippen molar-refractivity contribution < 1.29 is 8.42 Å². The third kappa shape index (κ3) is 3.23. The molecule has 102 valence electrons. The smallest absolute Gasteiger partial charge is 0.207 e. The van der Waals surface area contributed by atoms with Crippen molar-refractivity contribution in [2.45, 2.75) is 11.3 Å². The van der Waals surface area contributed by atoms with E-state index < -0.39 is 10.0 Å². The summed E-state index contributed by atoms with van der Waals surface area (Å²) in [4.78, 5) is 0.0279. The first-order chi connectivity index (χ1) is 9.05. The second-order valence-electron chi connectivity index (χ2n) is 4.13. The van der Waals surface area contributed by atoms with E-state index in [1.807, 2.05) is 6.07 Å². The van der Waals surface area contributed by atoms with E-state index in [0.29, 0.717) is 18.7 Å². The van der Waals surface area contributed by atoms with Gasteiger partial charge in [0.1, 0.15) is 4.90 Å². The van der Waals surface area contributed by atoms with Gasteiger partial charge in [-0.1, -0.05) is 11.6 Å². The largest absolute Gasteiger partial charge is 0.244 e. The fourth-order valence-corrected chi connectivity index (χ4v) is 4.86. The molecule has 0 aromatic heterocycles. The van der Waals surface area contributed by atoms with Crippen molar-refractivity contribution in [1.29, 1.82) is 5.26 Å². The van der Waals surface area contributed by atoms with E-state index in [1.165, 1.54) is 22.5 Å². The maximum Gasteiger partial charge on any atom is 0.244 e. The lowest BCUT2D eigenvalue weighted by Crippen LogP contribution is -2.33.